The number of aryl methyl sites for hydroxylation is 1. The summed E-state index contributed by atoms with van der Waals surface area (Å²) in [4.78, 5) is 27.1. The molecular formula is C27H30N2O3. The van der Waals surface area contributed by atoms with Crippen molar-refractivity contribution in [2.45, 2.75) is 44.8 Å². The lowest BCUT2D eigenvalue weighted by Crippen LogP contribution is -2.54. The molecule has 0 spiro atoms. The van der Waals surface area contributed by atoms with Gasteiger partial charge in [0, 0.05) is 32.5 Å². The summed E-state index contributed by atoms with van der Waals surface area (Å²) in [5.74, 6) is 0. The van der Waals surface area contributed by atoms with Gasteiger partial charge in [-0.2, -0.15) is 0 Å². The van der Waals surface area contributed by atoms with Gasteiger partial charge in [0.05, 0.1) is 11.1 Å². The number of carbonyl (C=O) groups is 1. The van der Waals surface area contributed by atoms with E-state index in [1.807, 2.05) is 69.3 Å². The van der Waals surface area contributed by atoms with Crippen molar-refractivity contribution in [2.75, 3.05) is 6.54 Å². The van der Waals surface area contributed by atoms with Crippen LogP contribution in [0.25, 0.3) is 10.9 Å². The molecule has 0 saturated carbocycles. The van der Waals surface area contributed by atoms with Crippen LogP contribution in [0, 0.1) is 0 Å². The van der Waals surface area contributed by atoms with Crippen molar-refractivity contribution in [1.29, 1.82) is 0 Å². The Labute approximate surface area is 188 Å². The van der Waals surface area contributed by atoms with Gasteiger partial charge >= 0.3 is 6.09 Å². The molecule has 32 heavy (non-hydrogen) atoms. The van der Waals surface area contributed by atoms with Crippen molar-refractivity contribution in [2.24, 2.45) is 7.05 Å². The summed E-state index contributed by atoms with van der Waals surface area (Å²) in [7, 11) is 1.77. The quantitative estimate of drug-likeness (QED) is 0.504. The fourth-order valence-electron chi connectivity index (χ4n) is 4.75. The maximum Gasteiger partial charge on any atom is 0.411 e. The van der Waals surface area contributed by atoms with E-state index in [-0.39, 0.29) is 11.7 Å². The van der Waals surface area contributed by atoms with Gasteiger partial charge in [-0.3, -0.25) is 9.69 Å². The molecule has 1 fully saturated rings. The third-order valence-corrected chi connectivity index (χ3v) is 6.64. The summed E-state index contributed by atoms with van der Waals surface area (Å²) in [5, 5.41) is 0.962. The zero-order chi connectivity index (χ0) is 23.1. The Morgan fingerprint density at radius 2 is 1.81 bits per heavy atom. The standard InChI is InChI=1S/C27H30N2O3/c1-19(2)18-27(21-9-7-6-8-10-21)15-16-29(25(31)32-27)26(3,4)22-12-13-23-20(17-22)11-14-24(30)28(23)5/h6-14,17H,1,15-16,18H2,2-5H3. The number of ether oxygens (including phenoxy) is 1. The molecule has 5 nitrogen and oxygen atoms in total. The molecule has 1 atom stereocenters. The molecule has 0 bridgehead atoms. The van der Waals surface area contributed by atoms with Crippen LogP contribution in [0.1, 0.15) is 44.7 Å². The first-order chi connectivity index (χ1) is 15.1. The van der Waals surface area contributed by atoms with Gasteiger partial charge in [0.2, 0.25) is 0 Å². The summed E-state index contributed by atoms with van der Waals surface area (Å²) in [6.45, 7) is 10.7. The van der Waals surface area contributed by atoms with Gasteiger partial charge in [0.25, 0.3) is 5.56 Å². The Hall–Kier alpha value is -3.34. The maximum atomic E-state index is 13.4. The number of aromatic nitrogens is 1. The Morgan fingerprint density at radius 1 is 1.09 bits per heavy atom. The predicted molar refractivity (Wildman–Crippen MR) is 128 cm³/mol. The summed E-state index contributed by atoms with van der Waals surface area (Å²) < 4.78 is 7.83. The Morgan fingerprint density at radius 3 is 2.47 bits per heavy atom. The van der Waals surface area contributed by atoms with Gasteiger partial charge in [-0.05, 0) is 55.5 Å². The molecule has 5 heteroatoms. The number of hydrogen-bond donors (Lipinski definition) is 0. The van der Waals surface area contributed by atoms with Crippen LogP contribution in [0.15, 0.2) is 77.6 Å². The highest BCUT2D eigenvalue weighted by molar-refractivity contribution is 5.80. The van der Waals surface area contributed by atoms with E-state index in [2.05, 4.69) is 12.6 Å². The number of amides is 1. The second-order valence-corrected chi connectivity index (χ2v) is 9.33. The van der Waals surface area contributed by atoms with Crippen LogP contribution < -0.4 is 5.56 Å². The number of benzene rings is 2. The summed E-state index contributed by atoms with van der Waals surface area (Å²) in [6.07, 6.45) is 0.953. The molecule has 3 aromatic rings. The van der Waals surface area contributed by atoms with Crippen molar-refractivity contribution < 1.29 is 9.53 Å². The fraction of sp³-hybridized carbons (Fsp3) is 0.333. The van der Waals surface area contributed by atoms with E-state index in [0.717, 1.165) is 27.6 Å². The number of hydrogen-bond acceptors (Lipinski definition) is 3. The first-order valence-electron chi connectivity index (χ1n) is 10.9. The topological polar surface area (TPSA) is 51.5 Å². The molecule has 1 aliphatic heterocycles. The normalized spacial score (nSPS) is 19.1. The lowest BCUT2D eigenvalue weighted by molar-refractivity contribution is -0.0735. The molecule has 1 aliphatic rings. The van der Waals surface area contributed by atoms with E-state index >= 15 is 0 Å². The number of nitrogens with zero attached hydrogens (tertiary/aromatic N) is 2. The minimum absolute atomic E-state index is 0.0427. The number of pyridine rings is 1. The number of cyclic esters (lactones) is 1. The van der Waals surface area contributed by atoms with Gasteiger partial charge in [-0.25, -0.2) is 4.79 Å². The molecule has 2 heterocycles. The van der Waals surface area contributed by atoms with Gasteiger partial charge in [0.1, 0.15) is 5.60 Å². The molecule has 1 amide bonds. The molecule has 1 saturated heterocycles. The average molecular weight is 431 g/mol. The zero-order valence-electron chi connectivity index (χ0n) is 19.2. The average Bonchev–Trinajstić information content (AvgIpc) is 2.76. The molecular weight excluding hydrogens is 400 g/mol. The minimum Gasteiger partial charge on any atom is -0.437 e. The van der Waals surface area contributed by atoms with Crippen LogP contribution in [0.2, 0.25) is 0 Å². The molecule has 4 rings (SSSR count). The highest BCUT2D eigenvalue weighted by atomic mass is 16.6. The van der Waals surface area contributed by atoms with Crippen molar-refractivity contribution in [3.8, 4) is 0 Å². The van der Waals surface area contributed by atoms with E-state index in [1.54, 1.807) is 22.6 Å². The van der Waals surface area contributed by atoms with Crippen molar-refractivity contribution >= 4 is 17.0 Å². The SMILES string of the molecule is C=C(C)CC1(c2ccccc2)CCN(C(C)(C)c2ccc3c(ccc(=O)n3C)c2)C(=O)O1. The van der Waals surface area contributed by atoms with Crippen LogP contribution in [-0.4, -0.2) is 22.1 Å². The second kappa shape index (κ2) is 7.97. The van der Waals surface area contributed by atoms with Gasteiger partial charge in [-0.1, -0.05) is 48.6 Å². The van der Waals surface area contributed by atoms with E-state index in [1.165, 1.54) is 0 Å². The van der Waals surface area contributed by atoms with Gasteiger partial charge in [0.15, 0.2) is 0 Å². The number of fused-ring (bicyclic) bond motifs is 1. The Kier molecular flexibility index (Phi) is 5.45. The summed E-state index contributed by atoms with van der Waals surface area (Å²) >= 11 is 0. The molecule has 0 radical (unpaired) electrons. The fourth-order valence-corrected chi connectivity index (χ4v) is 4.75. The van der Waals surface area contributed by atoms with E-state index < -0.39 is 11.1 Å². The second-order valence-electron chi connectivity index (χ2n) is 9.33. The summed E-state index contributed by atoms with van der Waals surface area (Å²) in [5.41, 5.74) is 2.52. The molecule has 0 N–H and O–H groups in total. The van der Waals surface area contributed by atoms with Crippen LogP contribution in [0.5, 0.6) is 0 Å². The van der Waals surface area contributed by atoms with Crippen LogP contribution in [0.3, 0.4) is 0 Å². The van der Waals surface area contributed by atoms with Gasteiger partial charge < -0.3 is 9.30 Å². The van der Waals surface area contributed by atoms with Crippen LogP contribution >= 0.6 is 0 Å². The highest BCUT2D eigenvalue weighted by Gasteiger charge is 2.46. The van der Waals surface area contributed by atoms with Crippen molar-refractivity contribution in [3.05, 3.63) is 94.3 Å². The highest BCUT2D eigenvalue weighted by Crippen LogP contribution is 2.42. The molecule has 1 aromatic heterocycles. The number of rotatable bonds is 5. The lowest BCUT2D eigenvalue weighted by Gasteiger charge is -2.47. The first-order valence-corrected chi connectivity index (χ1v) is 10.9. The minimum atomic E-state index is -0.696. The Balaban J connectivity index is 1.67. The zero-order valence-corrected chi connectivity index (χ0v) is 19.2. The largest absolute Gasteiger partial charge is 0.437 e. The van der Waals surface area contributed by atoms with Crippen molar-refractivity contribution in [3.63, 3.8) is 0 Å². The molecule has 166 valence electrons. The van der Waals surface area contributed by atoms with E-state index in [4.69, 9.17) is 4.74 Å². The lowest BCUT2D eigenvalue weighted by atomic mass is 9.82. The smallest absolute Gasteiger partial charge is 0.411 e. The van der Waals surface area contributed by atoms with Crippen molar-refractivity contribution in [1.82, 2.24) is 9.47 Å². The van der Waals surface area contributed by atoms with E-state index in [9.17, 15) is 9.59 Å². The Bertz CT molecular complexity index is 1240. The molecule has 2 aromatic carbocycles. The molecule has 0 aliphatic carbocycles. The van der Waals surface area contributed by atoms with Gasteiger partial charge in [-0.15, -0.1) is 0 Å². The van der Waals surface area contributed by atoms with E-state index in [0.29, 0.717) is 19.4 Å². The molecule has 1 unspecified atom stereocenters. The van der Waals surface area contributed by atoms with Crippen LogP contribution in [0.4, 0.5) is 4.79 Å². The third-order valence-electron chi connectivity index (χ3n) is 6.64. The third kappa shape index (κ3) is 3.72. The maximum absolute atomic E-state index is 13.4. The van der Waals surface area contributed by atoms with Crippen LogP contribution in [-0.2, 0) is 22.9 Å². The summed E-state index contributed by atoms with van der Waals surface area (Å²) in [6, 6.07) is 19.3. The number of carbonyl (C=O) groups excluding carboxylic acids is 1. The monoisotopic (exact) mass is 430 g/mol. The first kappa shape index (κ1) is 21.9. The predicted octanol–water partition coefficient (Wildman–Crippen LogP) is 5.48.